The SMILES string of the molecule is c1ccc(N(c2ccc(-c3ccc(-c4cccc5ccccc45)cc3)cc2)c2ccc(-c3cccc4ccccc34)cc2)c(-c2ccc3c(c2)sc2ccccc23)c1. The fourth-order valence-corrected chi connectivity index (χ4v) is 9.77. The highest BCUT2D eigenvalue weighted by molar-refractivity contribution is 7.25. The zero-order valence-corrected chi connectivity index (χ0v) is 32.5. The molecule has 0 aliphatic carbocycles. The topological polar surface area (TPSA) is 3.24 Å². The Morgan fingerprint density at radius 2 is 0.707 bits per heavy atom. The van der Waals surface area contributed by atoms with Gasteiger partial charge < -0.3 is 4.90 Å². The molecule has 58 heavy (non-hydrogen) atoms. The van der Waals surface area contributed by atoms with Gasteiger partial charge in [0.25, 0.3) is 0 Å². The van der Waals surface area contributed by atoms with Crippen LogP contribution in [0.25, 0.3) is 86.2 Å². The van der Waals surface area contributed by atoms with Gasteiger partial charge in [-0.15, -0.1) is 11.3 Å². The number of fused-ring (bicyclic) bond motifs is 5. The minimum absolute atomic E-state index is 1.10. The molecule has 10 aromatic carbocycles. The Hall–Kier alpha value is -7.26. The summed E-state index contributed by atoms with van der Waals surface area (Å²) in [5, 5.41) is 7.67. The number of benzene rings is 10. The van der Waals surface area contributed by atoms with E-state index in [0.717, 1.165) is 17.1 Å². The van der Waals surface area contributed by atoms with Crippen LogP contribution < -0.4 is 4.90 Å². The highest BCUT2D eigenvalue weighted by atomic mass is 32.1. The third-order valence-corrected chi connectivity index (χ3v) is 12.6. The molecule has 11 rings (SSSR count). The van der Waals surface area contributed by atoms with Crippen molar-refractivity contribution in [3.8, 4) is 44.5 Å². The van der Waals surface area contributed by atoms with E-state index >= 15 is 0 Å². The molecule has 1 aromatic heterocycles. The average molecular weight is 756 g/mol. The number of hydrogen-bond acceptors (Lipinski definition) is 2. The van der Waals surface area contributed by atoms with Crippen LogP contribution in [0.2, 0.25) is 0 Å². The smallest absolute Gasteiger partial charge is 0.0540 e. The molecule has 0 saturated carbocycles. The van der Waals surface area contributed by atoms with E-state index < -0.39 is 0 Å². The number of hydrogen-bond donors (Lipinski definition) is 0. The first kappa shape index (κ1) is 34.0. The lowest BCUT2D eigenvalue weighted by molar-refractivity contribution is 1.28. The van der Waals surface area contributed by atoms with Gasteiger partial charge >= 0.3 is 0 Å². The molecule has 0 fully saturated rings. The number of thiophene rings is 1. The van der Waals surface area contributed by atoms with Crippen LogP contribution in [-0.2, 0) is 0 Å². The van der Waals surface area contributed by atoms with Crippen LogP contribution in [0.5, 0.6) is 0 Å². The van der Waals surface area contributed by atoms with Crippen molar-refractivity contribution in [3.63, 3.8) is 0 Å². The van der Waals surface area contributed by atoms with Crippen molar-refractivity contribution in [1.82, 2.24) is 0 Å². The second kappa shape index (κ2) is 14.4. The van der Waals surface area contributed by atoms with Crippen molar-refractivity contribution < 1.29 is 0 Å². The summed E-state index contributed by atoms with van der Waals surface area (Å²) in [5.41, 5.74) is 13.0. The van der Waals surface area contributed by atoms with E-state index in [1.54, 1.807) is 0 Å². The van der Waals surface area contributed by atoms with Crippen LogP contribution >= 0.6 is 11.3 Å². The summed E-state index contributed by atoms with van der Waals surface area (Å²) >= 11 is 1.86. The molecule has 11 aromatic rings. The minimum atomic E-state index is 1.10. The summed E-state index contributed by atoms with van der Waals surface area (Å²) < 4.78 is 2.62. The van der Waals surface area contributed by atoms with Gasteiger partial charge in [-0.1, -0.05) is 182 Å². The highest BCUT2D eigenvalue weighted by Crippen LogP contribution is 2.44. The minimum Gasteiger partial charge on any atom is -0.310 e. The zero-order chi connectivity index (χ0) is 38.4. The standard InChI is InChI=1S/C56H37NS/c1-3-15-47-40(11-1)13-9-19-49(47)42-25-23-38(24-26-42)39-27-32-45(33-28-39)57(46-34-29-43(30-35-46)50-20-10-14-41-12-2-4-16-48(41)50)54-21-7-5-17-51(54)44-31-36-53-52-18-6-8-22-55(52)58-56(53)37-44/h1-37H. The molecule has 0 spiro atoms. The Kier molecular flexibility index (Phi) is 8.42. The Labute approximate surface area is 342 Å². The normalized spacial score (nSPS) is 11.4. The summed E-state index contributed by atoms with van der Waals surface area (Å²) in [6.45, 7) is 0. The largest absolute Gasteiger partial charge is 0.310 e. The van der Waals surface area contributed by atoms with Crippen molar-refractivity contribution >= 4 is 70.1 Å². The molecule has 0 radical (unpaired) electrons. The van der Waals surface area contributed by atoms with Crippen LogP contribution in [0.4, 0.5) is 17.1 Å². The third-order valence-electron chi connectivity index (χ3n) is 11.5. The van der Waals surface area contributed by atoms with Crippen molar-refractivity contribution in [2.24, 2.45) is 0 Å². The van der Waals surface area contributed by atoms with Gasteiger partial charge in [0.1, 0.15) is 0 Å². The Morgan fingerprint density at radius 1 is 0.276 bits per heavy atom. The Morgan fingerprint density at radius 3 is 1.34 bits per heavy atom. The maximum Gasteiger partial charge on any atom is 0.0540 e. The van der Waals surface area contributed by atoms with Crippen LogP contribution in [0.3, 0.4) is 0 Å². The van der Waals surface area contributed by atoms with Gasteiger partial charge in [-0.05, 0) is 103 Å². The molecular formula is C56H37NS. The van der Waals surface area contributed by atoms with Gasteiger partial charge in [0.05, 0.1) is 5.69 Å². The van der Waals surface area contributed by atoms with Crippen molar-refractivity contribution in [3.05, 3.63) is 224 Å². The van der Waals surface area contributed by atoms with E-state index in [1.807, 2.05) is 11.3 Å². The molecule has 0 N–H and O–H groups in total. The summed E-state index contributed by atoms with van der Waals surface area (Å²) in [6.07, 6.45) is 0. The molecule has 0 aliphatic heterocycles. The number of para-hydroxylation sites is 1. The van der Waals surface area contributed by atoms with Gasteiger partial charge in [-0.3, -0.25) is 0 Å². The first-order chi connectivity index (χ1) is 28.7. The second-order valence-electron chi connectivity index (χ2n) is 14.9. The van der Waals surface area contributed by atoms with E-state index in [-0.39, 0.29) is 0 Å². The monoisotopic (exact) mass is 755 g/mol. The average Bonchev–Trinajstić information content (AvgIpc) is 3.67. The molecule has 0 atom stereocenters. The van der Waals surface area contributed by atoms with E-state index in [4.69, 9.17) is 0 Å². The zero-order valence-electron chi connectivity index (χ0n) is 31.7. The summed E-state index contributed by atoms with van der Waals surface area (Å²) in [4.78, 5) is 2.41. The summed E-state index contributed by atoms with van der Waals surface area (Å²) in [6, 6.07) is 81.9. The maximum absolute atomic E-state index is 2.41. The summed E-state index contributed by atoms with van der Waals surface area (Å²) in [7, 11) is 0. The van der Waals surface area contributed by atoms with Crippen molar-refractivity contribution in [2.45, 2.75) is 0 Å². The van der Waals surface area contributed by atoms with E-state index in [9.17, 15) is 0 Å². The van der Waals surface area contributed by atoms with Gasteiger partial charge in [-0.25, -0.2) is 0 Å². The van der Waals surface area contributed by atoms with Crippen LogP contribution in [0, 0.1) is 0 Å². The highest BCUT2D eigenvalue weighted by Gasteiger charge is 2.19. The molecule has 0 bridgehead atoms. The van der Waals surface area contributed by atoms with Gasteiger partial charge in [0.15, 0.2) is 0 Å². The van der Waals surface area contributed by atoms with Gasteiger partial charge in [0.2, 0.25) is 0 Å². The lowest BCUT2D eigenvalue weighted by atomic mass is 9.96. The van der Waals surface area contributed by atoms with Crippen LogP contribution in [0.15, 0.2) is 224 Å². The van der Waals surface area contributed by atoms with E-state index in [2.05, 4.69) is 229 Å². The first-order valence-electron chi connectivity index (χ1n) is 19.8. The number of anilines is 3. The molecule has 0 aliphatic rings. The molecule has 0 saturated heterocycles. The third kappa shape index (κ3) is 6.03. The molecule has 2 heteroatoms. The Balaban J connectivity index is 0.997. The van der Waals surface area contributed by atoms with Crippen molar-refractivity contribution in [2.75, 3.05) is 4.90 Å². The molecule has 0 amide bonds. The summed E-state index contributed by atoms with van der Waals surface area (Å²) in [5.74, 6) is 0. The predicted octanol–water partition coefficient (Wildman–Crippen LogP) is 16.5. The lowest BCUT2D eigenvalue weighted by Crippen LogP contribution is -2.11. The van der Waals surface area contributed by atoms with Gasteiger partial charge in [0, 0.05) is 37.1 Å². The lowest BCUT2D eigenvalue weighted by Gasteiger charge is -2.28. The first-order valence-corrected chi connectivity index (χ1v) is 20.6. The van der Waals surface area contributed by atoms with Crippen LogP contribution in [-0.4, -0.2) is 0 Å². The number of nitrogens with zero attached hydrogens (tertiary/aromatic N) is 1. The fourth-order valence-electron chi connectivity index (χ4n) is 8.62. The van der Waals surface area contributed by atoms with E-state index in [1.165, 1.54) is 86.2 Å². The Bertz CT molecular complexity index is 3250. The molecule has 1 nitrogen and oxygen atoms in total. The second-order valence-corrected chi connectivity index (χ2v) is 16.0. The molecule has 272 valence electrons. The predicted molar refractivity (Wildman–Crippen MR) is 251 cm³/mol. The molecular weight excluding hydrogens is 719 g/mol. The molecule has 1 heterocycles. The van der Waals surface area contributed by atoms with Gasteiger partial charge in [-0.2, -0.15) is 0 Å². The van der Waals surface area contributed by atoms with Crippen molar-refractivity contribution in [1.29, 1.82) is 0 Å². The fraction of sp³-hybridized carbons (Fsp3) is 0. The van der Waals surface area contributed by atoms with Crippen LogP contribution in [0.1, 0.15) is 0 Å². The number of rotatable bonds is 7. The van der Waals surface area contributed by atoms with E-state index in [0.29, 0.717) is 0 Å². The maximum atomic E-state index is 2.41. The molecule has 0 unspecified atom stereocenters. The quantitative estimate of drug-likeness (QED) is 0.157.